The van der Waals surface area contributed by atoms with Crippen molar-refractivity contribution in [1.29, 1.82) is 0 Å². The average molecular weight is 369 g/mol. The highest BCUT2D eigenvalue weighted by atomic mass is 32.1. The second-order valence-electron chi connectivity index (χ2n) is 5.77. The molecule has 0 fully saturated rings. The Morgan fingerprint density at radius 2 is 1.77 bits per heavy atom. The molecule has 0 aliphatic carbocycles. The maximum absolute atomic E-state index is 12.1. The molecule has 0 saturated carbocycles. The summed E-state index contributed by atoms with van der Waals surface area (Å²) in [7, 11) is 0. The molecule has 2 heterocycles. The number of hydrogen-bond acceptors (Lipinski definition) is 5. The number of benzene rings is 1. The molecule has 7 heteroatoms. The van der Waals surface area contributed by atoms with Gasteiger partial charge in [-0.3, -0.25) is 14.6 Å². The van der Waals surface area contributed by atoms with Crippen LogP contribution in [-0.2, 0) is 11.3 Å². The summed E-state index contributed by atoms with van der Waals surface area (Å²) in [5.41, 5.74) is 1.60. The first-order valence-corrected chi connectivity index (χ1v) is 8.99. The number of rotatable bonds is 6. The Bertz CT molecular complexity index is 946. The van der Waals surface area contributed by atoms with E-state index in [-0.39, 0.29) is 17.2 Å². The van der Waals surface area contributed by atoms with E-state index in [2.05, 4.69) is 10.3 Å². The van der Waals surface area contributed by atoms with Gasteiger partial charge in [0.05, 0.1) is 0 Å². The minimum Gasteiger partial charge on any atom is -0.457 e. The van der Waals surface area contributed by atoms with Gasteiger partial charge >= 0.3 is 4.87 Å². The van der Waals surface area contributed by atoms with E-state index in [4.69, 9.17) is 4.74 Å². The van der Waals surface area contributed by atoms with Crippen LogP contribution in [0.5, 0.6) is 11.5 Å². The number of thiazole rings is 1. The molecule has 134 valence electrons. The molecule has 0 aliphatic rings. The van der Waals surface area contributed by atoms with Gasteiger partial charge < -0.3 is 14.6 Å². The van der Waals surface area contributed by atoms with Gasteiger partial charge in [0.2, 0.25) is 5.91 Å². The summed E-state index contributed by atoms with van der Waals surface area (Å²) in [5.74, 6) is 1.23. The molecule has 0 spiro atoms. The summed E-state index contributed by atoms with van der Waals surface area (Å²) in [6.07, 6.45) is 3.56. The molecule has 0 saturated heterocycles. The Labute approximate surface area is 155 Å². The topological polar surface area (TPSA) is 73.2 Å². The largest absolute Gasteiger partial charge is 0.457 e. The molecule has 1 aromatic carbocycles. The van der Waals surface area contributed by atoms with Crippen LogP contribution in [-0.4, -0.2) is 15.5 Å². The van der Waals surface area contributed by atoms with Gasteiger partial charge in [-0.1, -0.05) is 11.3 Å². The normalized spacial score (nSPS) is 10.5. The molecule has 1 N–H and O–H groups in total. The maximum Gasteiger partial charge on any atom is 0.307 e. The van der Waals surface area contributed by atoms with Crippen molar-refractivity contribution in [1.82, 2.24) is 9.55 Å². The zero-order valence-electron chi connectivity index (χ0n) is 14.6. The van der Waals surface area contributed by atoms with Gasteiger partial charge in [-0.15, -0.1) is 0 Å². The highest BCUT2D eigenvalue weighted by Gasteiger charge is 2.10. The Morgan fingerprint density at radius 1 is 1.12 bits per heavy atom. The van der Waals surface area contributed by atoms with Gasteiger partial charge in [-0.05, 0) is 50.2 Å². The van der Waals surface area contributed by atoms with Gasteiger partial charge in [0.1, 0.15) is 11.5 Å². The Kier molecular flexibility index (Phi) is 5.48. The molecule has 3 aromatic rings. The number of ether oxygens (including phenoxy) is 1. The first-order chi connectivity index (χ1) is 12.5. The lowest BCUT2D eigenvalue weighted by atomic mass is 10.3. The van der Waals surface area contributed by atoms with Crippen LogP contribution in [0.15, 0.2) is 53.6 Å². The van der Waals surface area contributed by atoms with Gasteiger partial charge in [-0.2, -0.15) is 0 Å². The van der Waals surface area contributed by atoms with E-state index >= 15 is 0 Å². The van der Waals surface area contributed by atoms with E-state index in [1.54, 1.807) is 53.4 Å². The molecule has 0 aliphatic heterocycles. The molecule has 0 atom stereocenters. The molecule has 3 rings (SSSR count). The predicted octanol–water partition coefficient (Wildman–Crippen LogP) is 3.74. The van der Waals surface area contributed by atoms with Crippen molar-refractivity contribution in [3.05, 3.63) is 69.0 Å². The summed E-state index contributed by atoms with van der Waals surface area (Å²) < 4.78 is 7.33. The molecule has 0 unspecified atom stereocenters. The SMILES string of the molecule is Cc1sc(=O)n(CCC(=O)Nc2ccc(Oc3ccncc3)cc2)c1C. The van der Waals surface area contributed by atoms with Crippen molar-refractivity contribution in [2.75, 3.05) is 5.32 Å². The van der Waals surface area contributed by atoms with Crippen molar-refractivity contribution < 1.29 is 9.53 Å². The highest BCUT2D eigenvalue weighted by Crippen LogP contribution is 2.22. The van der Waals surface area contributed by atoms with Crippen LogP contribution in [0.25, 0.3) is 0 Å². The van der Waals surface area contributed by atoms with Crippen LogP contribution in [0.2, 0.25) is 0 Å². The molecule has 2 aromatic heterocycles. The van der Waals surface area contributed by atoms with Gasteiger partial charge in [0.25, 0.3) is 0 Å². The molecule has 1 amide bonds. The van der Waals surface area contributed by atoms with Crippen LogP contribution < -0.4 is 14.9 Å². The van der Waals surface area contributed by atoms with E-state index in [0.717, 1.165) is 10.6 Å². The number of hydrogen-bond donors (Lipinski definition) is 1. The second-order valence-corrected chi connectivity index (χ2v) is 6.93. The van der Waals surface area contributed by atoms with Crippen molar-refractivity contribution in [2.24, 2.45) is 0 Å². The lowest BCUT2D eigenvalue weighted by molar-refractivity contribution is -0.116. The molecular formula is C19H19N3O3S. The first-order valence-electron chi connectivity index (χ1n) is 8.17. The lowest BCUT2D eigenvalue weighted by Gasteiger charge is -2.09. The fourth-order valence-electron chi connectivity index (χ4n) is 2.43. The number of aromatic nitrogens is 2. The van der Waals surface area contributed by atoms with Crippen LogP contribution in [0, 0.1) is 13.8 Å². The molecule has 0 radical (unpaired) electrons. The minimum absolute atomic E-state index is 0.0228. The number of aryl methyl sites for hydroxylation is 1. The molecule has 0 bridgehead atoms. The third kappa shape index (κ3) is 4.37. The molecule has 6 nitrogen and oxygen atoms in total. The average Bonchev–Trinajstić information content (AvgIpc) is 2.88. The minimum atomic E-state index is -0.136. The van der Waals surface area contributed by atoms with Crippen molar-refractivity contribution >= 4 is 22.9 Å². The number of nitrogens with zero attached hydrogens (tertiary/aromatic N) is 2. The van der Waals surface area contributed by atoms with E-state index < -0.39 is 0 Å². The van der Waals surface area contributed by atoms with Crippen LogP contribution in [0.4, 0.5) is 5.69 Å². The fourth-order valence-corrected chi connectivity index (χ4v) is 3.29. The van der Waals surface area contributed by atoms with Crippen molar-refractivity contribution in [2.45, 2.75) is 26.8 Å². The molecular weight excluding hydrogens is 350 g/mol. The quantitative estimate of drug-likeness (QED) is 0.718. The summed E-state index contributed by atoms with van der Waals surface area (Å²) in [5, 5.41) is 2.83. The van der Waals surface area contributed by atoms with Crippen LogP contribution >= 0.6 is 11.3 Å². The predicted molar refractivity (Wildman–Crippen MR) is 102 cm³/mol. The van der Waals surface area contributed by atoms with E-state index in [9.17, 15) is 9.59 Å². The van der Waals surface area contributed by atoms with Crippen molar-refractivity contribution in [3.63, 3.8) is 0 Å². The number of carbonyl (C=O) groups excluding carboxylic acids is 1. The van der Waals surface area contributed by atoms with Crippen LogP contribution in [0.1, 0.15) is 17.0 Å². The number of amides is 1. The number of nitrogens with one attached hydrogen (secondary N) is 1. The fraction of sp³-hybridized carbons (Fsp3) is 0.211. The monoisotopic (exact) mass is 369 g/mol. The third-order valence-corrected chi connectivity index (χ3v) is 4.96. The summed E-state index contributed by atoms with van der Waals surface area (Å²) in [6.45, 7) is 4.18. The summed E-state index contributed by atoms with van der Waals surface area (Å²) in [6, 6.07) is 10.7. The highest BCUT2D eigenvalue weighted by molar-refractivity contribution is 7.09. The van der Waals surface area contributed by atoms with E-state index in [1.807, 2.05) is 13.8 Å². The van der Waals surface area contributed by atoms with Gasteiger partial charge in [0, 0.05) is 41.6 Å². The van der Waals surface area contributed by atoms with Crippen LogP contribution in [0.3, 0.4) is 0 Å². The zero-order chi connectivity index (χ0) is 18.5. The third-order valence-electron chi connectivity index (χ3n) is 3.96. The zero-order valence-corrected chi connectivity index (χ0v) is 15.4. The second kappa shape index (κ2) is 7.97. The van der Waals surface area contributed by atoms with Gasteiger partial charge in [-0.25, -0.2) is 0 Å². The molecule has 26 heavy (non-hydrogen) atoms. The number of anilines is 1. The summed E-state index contributed by atoms with van der Waals surface area (Å²) >= 11 is 1.21. The summed E-state index contributed by atoms with van der Waals surface area (Å²) in [4.78, 5) is 28.9. The Morgan fingerprint density at radius 3 is 2.38 bits per heavy atom. The number of carbonyl (C=O) groups is 1. The maximum atomic E-state index is 12.1. The van der Waals surface area contributed by atoms with Crippen molar-refractivity contribution in [3.8, 4) is 11.5 Å². The smallest absolute Gasteiger partial charge is 0.307 e. The first kappa shape index (κ1) is 17.9. The standard InChI is InChI=1S/C19H19N3O3S/c1-13-14(2)26-19(24)22(13)12-9-18(23)21-15-3-5-16(6-4-15)25-17-7-10-20-11-8-17/h3-8,10-11H,9,12H2,1-2H3,(H,21,23). The van der Waals surface area contributed by atoms with E-state index in [0.29, 0.717) is 23.7 Å². The number of pyridine rings is 1. The lowest BCUT2D eigenvalue weighted by Crippen LogP contribution is -2.20. The van der Waals surface area contributed by atoms with Gasteiger partial charge in [0.15, 0.2) is 0 Å². The Balaban J connectivity index is 1.55. The Hall–Kier alpha value is -2.93. The van der Waals surface area contributed by atoms with E-state index in [1.165, 1.54) is 11.3 Å².